The molecule has 20 heavy (non-hydrogen) atoms. The molecule has 0 aliphatic carbocycles. The second kappa shape index (κ2) is 5.12. The Hall–Kier alpha value is -2.70. The van der Waals surface area contributed by atoms with Gasteiger partial charge < -0.3 is 13.8 Å². The van der Waals surface area contributed by atoms with Crippen molar-refractivity contribution in [1.82, 2.24) is 20.3 Å². The van der Waals surface area contributed by atoms with Crippen LogP contribution in [0.4, 0.5) is 0 Å². The first-order chi connectivity index (χ1) is 9.76. The van der Waals surface area contributed by atoms with Gasteiger partial charge in [0.15, 0.2) is 5.82 Å². The van der Waals surface area contributed by atoms with Crippen LogP contribution in [0.15, 0.2) is 33.3 Å². The molecule has 0 fully saturated rings. The minimum absolute atomic E-state index is 0.197. The Kier molecular flexibility index (Phi) is 3.16. The summed E-state index contributed by atoms with van der Waals surface area (Å²) in [5, 5.41) is 7.58. The molecule has 0 saturated heterocycles. The van der Waals surface area contributed by atoms with Gasteiger partial charge in [0, 0.05) is 5.56 Å². The third-order valence-electron chi connectivity index (χ3n) is 2.54. The molecule has 0 amide bonds. The first-order valence-corrected chi connectivity index (χ1v) is 6.14. The summed E-state index contributed by atoms with van der Waals surface area (Å²) in [4.78, 5) is 8.27. The van der Waals surface area contributed by atoms with Gasteiger partial charge in [0.05, 0.1) is 6.61 Å². The molecule has 0 unspecified atom stereocenters. The lowest BCUT2D eigenvalue weighted by atomic mass is 10.2. The van der Waals surface area contributed by atoms with Crippen LogP contribution >= 0.6 is 0 Å². The zero-order valence-corrected chi connectivity index (χ0v) is 11.0. The summed E-state index contributed by atoms with van der Waals surface area (Å²) >= 11 is 0. The van der Waals surface area contributed by atoms with Crippen LogP contribution in [-0.2, 0) is 0 Å². The van der Waals surface area contributed by atoms with E-state index in [4.69, 9.17) is 13.8 Å². The molecule has 0 N–H and O–H groups in total. The highest BCUT2D eigenvalue weighted by atomic mass is 16.5. The Bertz CT molecular complexity index is 720. The van der Waals surface area contributed by atoms with E-state index in [9.17, 15) is 0 Å². The van der Waals surface area contributed by atoms with Crippen molar-refractivity contribution in [3.63, 3.8) is 0 Å². The third-order valence-corrected chi connectivity index (χ3v) is 2.54. The minimum atomic E-state index is 0.197. The van der Waals surface area contributed by atoms with Gasteiger partial charge in [-0.3, -0.25) is 0 Å². The molecule has 0 atom stereocenters. The van der Waals surface area contributed by atoms with Crippen molar-refractivity contribution in [2.75, 3.05) is 6.61 Å². The van der Waals surface area contributed by atoms with Gasteiger partial charge in [0.2, 0.25) is 5.82 Å². The van der Waals surface area contributed by atoms with Crippen LogP contribution in [0.25, 0.3) is 23.2 Å². The highest BCUT2D eigenvalue weighted by Gasteiger charge is 2.16. The fourth-order valence-electron chi connectivity index (χ4n) is 1.70. The van der Waals surface area contributed by atoms with Crippen LogP contribution in [0.3, 0.4) is 0 Å². The standard InChI is InChI=1S/C13H12N4O3/c1-3-18-10-6-4-5-9(7-10)11-15-13(20-17-11)12-14-8(2)16-19-12/h4-7H,3H2,1-2H3. The maximum Gasteiger partial charge on any atom is 0.316 e. The number of ether oxygens (including phenoxy) is 1. The zero-order valence-electron chi connectivity index (χ0n) is 11.0. The lowest BCUT2D eigenvalue weighted by molar-refractivity contribution is 0.340. The minimum Gasteiger partial charge on any atom is -0.494 e. The average molecular weight is 272 g/mol. The molecule has 7 nitrogen and oxygen atoms in total. The molecule has 3 aromatic rings. The molecule has 102 valence electrons. The molecule has 2 aromatic heterocycles. The molecule has 0 bridgehead atoms. The molecule has 0 spiro atoms. The number of benzene rings is 1. The molecule has 3 rings (SSSR count). The van der Waals surface area contributed by atoms with Crippen molar-refractivity contribution in [1.29, 1.82) is 0 Å². The van der Waals surface area contributed by atoms with E-state index in [1.807, 2.05) is 31.2 Å². The number of nitrogens with zero attached hydrogens (tertiary/aromatic N) is 4. The first-order valence-electron chi connectivity index (χ1n) is 6.14. The summed E-state index contributed by atoms with van der Waals surface area (Å²) in [5.74, 6) is 2.12. The highest BCUT2D eigenvalue weighted by molar-refractivity contribution is 5.58. The maximum absolute atomic E-state index is 5.44. The highest BCUT2D eigenvalue weighted by Crippen LogP contribution is 2.24. The van der Waals surface area contributed by atoms with E-state index in [2.05, 4.69) is 20.3 Å². The van der Waals surface area contributed by atoms with Crippen LogP contribution in [-0.4, -0.2) is 26.9 Å². The summed E-state index contributed by atoms with van der Waals surface area (Å²) < 4.78 is 15.5. The van der Waals surface area contributed by atoms with Crippen molar-refractivity contribution in [2.24, 2.45) is 0 Å². The van der Waals surface area contributed by atoms with Crippen molar-refractivity contribution < 1.29 is 13.8 Å². The summed E-state index contributed by atoms with van der Waals surface area (Å²) in [6.45, 7) is 4.25. The average Bonchev–Trinajstić information content (AvgIpc) is 3.08. The Morgan fingerprint density at radius 3 is 2.65 bits per heavy atom. The van der Waals surface area contributed by atoms with Crippen molar-refractivity contribution in [2.45, 2.75) is 13.8 Å². The molecule has 1 aromatic carbocycles. The van der Waals surface area contributed by atoms with E-state index in [0.29, 0.717) is 18.3 Å². The smallest absolute Gasteiger partial charge is 0.316 e. The van der Waals surface area contributed by atoms with E-state index in [1.54, 1.807) is 6.92 Å². The van der Waals surface area contributed by atoms with E-state index in [0.717, 1.165) is 11.3 Å². The van der Waals surface area contributed by atoms with Crippen LogP contribution in [0, 0.1) is 6.92 Å². The second-order valence-electron chi connectivity index (χ2n) is 4.03. The van der Waals surface area contributed by atoms with E-state index >= 15 is 0 Å². The molecular weight excluding hydrogens is 260 g/mol. The number of aryl methyl sites for hydroxylation is 1. The fraction of sp³-hybridized carbons (Fsp3) is 0.231. The SMILES string of the molecule is CCOc1cccc(-c2noc(-c3nc(C)no3)n2)c1. The molecule has 0 saturated carbocycles. The molecular formula is C13H12N4O3. The number of aromatic nitrogens is 4. The second-order valence-corrected chi connectivity index (χ2v) is 4.03. The van der Waals surface area contributed by atoms with Crippen LogP contribution in [0.5, 0.6) is 5.75 Å². The number of hydrogen-bond donors (Lipinski definition) is 0. The van der Waals surface area contributed by atoms with Gasteiger partial charge in [0.1, 0.15) is 5.75 Å². The molecule has 0 aliphatic rings. The van der Waals surface area contributed by atoms with Gasteiger partial charge in [-0.25, -0.2) is 0 Å². The van der Waals surface area contributed by atoms with E-state index in [1.165, 1.54) is 0 Å². The van der Waals surface area contributed by atoms with Crippen molar-refractivity contribution >= 4 is 0 Å². The number of hydrogen-bond acceptors (Lipinski definition) is 7. The quantitative estimate of drug-likeness (QED) is 0.721. The topological polar surface area (TPSA) is 87.1 Å². The summed E-state index contributed by atoms with van der Waals surface area (Å²) in [5.41, 5.74) is 0.794. The van der Waals surface area contributed by atoms with Gasteiger partial charge in [-0.1, -0.05) is 22.4 Å². The predicted octanol–water partition coefficient (Wildman–Crippen LogP) is 2.49. The fourth-order valence-corrected chi connectivity index (χ4v) is 1.70. The predicted molar refractivity (Wildman–Crippen MR) is 68.9 cm³/mol. The largest absolute Gasteiger partial charge is 0.494 e. The molecule has 0 radical (unpaired) electrons. The molecule has 0 aliphatic heterocycles. The summed E-state index contributed by atoms with van der Waals surface area (Å²) in [6, 6.07) is 7.45. The lowest BCUT2D eigenvalue weighted by Gasteiger charge is -2.02. The molecule has 7 heteroatoms. The maximum atomic E-state index is 5.44. The van der Waals surface area contributed by atoms with E-state index in [-0.39, 0.29) is 11.8 Å². The first kappa shape index (κ1) is 12.3. The molecule has 2 heterocycles. The van der Waals surface area contributed by atoms with Crippen LogP contribution < -0.4 is 4.74 Å². The van der Waals surface area contributed by atoms with Crippen LogP contribution in [0.1, 0.15) is 12.7 Å². The van der Waals surface area contributed by atoms with Gasteiger partial charge in [-0.2, -0.15) is 9.97 Å². The van der Waals surface area contributed by atoms with Crippen LogP contribution in [0.2, 0.25) is 0 Å². The Labute approximate surface area is 114 Å². The summed E-state index contributed by atoms with van der Waals surface area (Å²) in [7, 11) is 0. The van der Waals surface area contributed by atoms with Crippen molar-refractivity contribution in [3.05, 3.63) is 30.1 Å². The summed E-state index contributed by atoms with van der Waals surface area (Å²) in [6.07, 6.45) is 0. The van der Waals surface area contributed by atoms with Crippen molar-refractivity contribution in [3.8, 4) is 28.9 Å². The Balaban J connectivity index is 1.91. The normalized spacial score (nSPS) is 10.7. The van der Waals surface area contributed by atoms with Gasteiger partial charge >= 0.3 is 11.8 Å². The Morgan fingerprint density at radius 2 is 1.90 bits per heavy atom. The van der Waals surface area contributed by atoms with Gasteiger partial charge in [-0.15, -0.1) is 0 Å². The lowest BCUT2D eigenvalue weighted by Crippen LogP contribution is -1.91. The van der Waals surface area contributed by atoms with Gasteiger partial charge in [0.25, 0.3) is 0 Å². The monoisotopic (exact) mass is 272 g/mol. The van der Waals surface area contributed by atoms with E-state index < -0.39 is 0 Å². The van der Waals surface area contributed by atoms with Gasteiger partial charge in [-0.05, 0) is 26.0 Å². The zero-order chi connectivity index (χ0) is 13.9. The Morgan fingerprint density at radius 1 is 1.10 bits per heavy atom. The third kappa shape index (κ3) is 2.37. The number of rotatable bonds is 4.